The number of hydrogen-bond donors (Lipinski definition) is 2. The van der Waals surface area contributed by atoms with Crippen molar-refractivity contribution < 1.29 is 14.2 Å². The Balaban J connectivity index is 2.18. The average molecular weight is 261 g/mol. The van der Waals surface area contributed by atoms with Gasteiger partial charge in [0.15, 0.2) is 0 Å². The molecule has 2 rings (SSSR count). The molecule has 0 aliphatic heterocycles. The summed E-state index contributed by atoms with van der Waals surface area (Å²) in [5.41, 5.74) is 7.12. The summed E-state index contributed by atoms with van der Waals surface area (Å²) < 4.78 is 18.9. The van der Waals surface area contributed by atoms with Crippen molar-refractivity contribution in [1.82, 2.24) is 0 Å². The molecule has 0 spiro atoms. The van der Waals surface area contributed by atoms with Crippen molar-refractivity contribution in [2.45, 2.75) is 12.7 Å². The lowest BCUT2D eigenvalue weighted by atomic mass is 10.1. The van der Waals surface area contributed by atoms with Crippen LogP contribution in [-0.2, 0) is 6.61 Å². The molecule has 0 radical (unpaired) electrons. The van der Waals surface area contributed by atoms with Crippen molar-refractivity contribution in [2.75, 3.05) is 6.54 Å². The Hall–Kier alpha value is -1.91. The van der Waals surface area contributed by atoms with Crippen LogP contribution in [0.5, 0.6) is 5.75 Å². The van der Waals surface area contributed by atoms with E-state index in [1.54, 1.807) is 36.4 Å². The molecular formula is C15H16FNO2. The minimum atomic E-state index is -0.412. The van der Waals surface area contributed by atoms with E-state index in [-0.39, 0.29) is 19.0 Å². The summed E-state index contributed by atoms with van der Waals surface area (Å²) >= 11 is 0. The van der Waals surface area contributed by atoms with Crippen molar-refractivity contribution in [1.29, 1.82) is 0 Å². The highest BCUT2D eigenvalue weighted by Gasteiger charge is 2.12. The van der Waals surface area contributed by atoms with Gasteiger partial charge in [-0.25, -0.2) is 4.39 Å². The predicted molar refractivity (Wildman–Crippen MR) is 71.2 cm³/mol. The molecule has 0 heterocycles. The first-order valence-corrected chi connectivity index (χ1v) is 6.05. The first kappa shape index (κ1) is 13.5. The molecule has 2 aromatic carbocycles. The standard InChI is InChI=1S/C15H16FNO2/c16-13-5-2-4-12(8-13)15(9-17)19-14-6-1-3-11(7-14)10-18/h1-8,15,18H,9-10,17H2. The minimum Gasteiger partial charge on any atom is -0.484 e. The Bertz CT molecular complexity index is 545. The third-order valence-corrected chi connectivity index (χ3v) is 2.79. The summed E-state index contributed by atoms with van der Waals surface area (Å²) in [7, 11) is 0. The Morgan fingerprint density at radius 1 is 1.16 bits per heavy atom. The summed E-state index contributed by atoms with van der Waals surface area (Å²) in [6.45, 7) is 0.192. The third kappa shape index (κ3) is 3.53. The highest BCUT2D eigenvalue weighted by molar-refractivity contribution is 5.29. The van der Waals surface area contributed by atoms with Crippen molar-refractivity contribution in [3.8, 4) is 5.75 Å². The first-order valence-electron chi connectivity index (χ1n) is 6.05. The molecule has 0 saturated carbocycles. The van der Waals surface area contributed by atoms with Gasteiger partial charge in [-0.1, -0.05) is 24.3 Å². The summed E-state index contributed by atoms with van der Waals surface area (Å²) in [6.07, 6.45) is -0.412. The topological polar surface area (TPSA) is 55.5 Å². The number of nitrogens with two attached hydrogens (primary N) is 1. The largest absolute Gasteiger partial charge is 0.484 e. The summed E-state index contributed by atoms with van der Waals surface area (Å²) in [5.74, 6) is 0.287. The lowest BCUT2D eigenvalue weighted by Crippen LogP contribution is -2.18. The molecule has 0 aliphatic rings. The molecule has 0 amide bonds. The normalized spacial score (nSPS) is 12.2. The number of halogens is 1. The molecule has 4 heteroatoms. The zero-order valence-corrected chi connectivity index (χ0v) is 10.4. The smallest absolute Gasteiger partial charge is 0.136 e. The quantitative estimate of drug-likeness (QED) is 0.869. The summed E-state index contributed by atoms with van der Waals surface area (Å²) in [5, 5.41) is 9.08. The lowest BCUT2D eigenvalue weighted by Gasteiger charge is -2.18. The Morgan fingerprint density at radius 2 is 1.95 bits per heavy atom. The van der Waals surface area contributed by atoms with Gasteiger partial charge in [0.2, 0.25) is 0 Å². The predicted octanol–water partition coefficient (Wildman–Crippen LogP) is 2.40. The molecule has 0 aromatic heterocycles. The fourth-order valence-electron chi connectivity index (χ4n) is 1.84. The molecular weight excluding hydrogens is 245 g/mol. The molecule has 3 nitrogen and oxygen atoms in total. The Morgan fingerprint density at radius 3 is 2.63 bits per heavy atom. The van der Waals surface area contributed by atoms with Crippen LogP contribution in [-0.4, -0.2) is 11.7 Å². The van der Waals surface area contributed by atoms with Gasteiger partial charge in [0.1, 0.15) is 17.7 Å². The zero-order valence-electron chi connectivity index (χ0n) is 10.4. The highest BCUT2D eigenvalue weighted by Crippen LogP contribution is 2.22. The van der Waals surface area contributed by atoms with Crippen LogP contribution in [0.15, 0.2) is 48.5 Å². The fraction of sp³-hybridized carbons (Fsp3) is 0.200. The van der Waals surface area contributed by atoms with E-state index in [9.17, 15) is 4.39 Å². The molecule has 0 fully saturated rings. The second-order valence-electron chi connectivity index (χ2n) is 4.20. The number of aliphatic hydroxyl groups excluding tert-OH is 1. The molecule has 0 saturated heterocycles. The summed E-state index contributed by atoms with van der Waals surface area (Å²) in [6, 6.07) is 13.3. The first-order chi connectivity index (χ1) is 9.22. The van der Waals surface area contributed by atoms with E-state index in [0.717, 1.165) is 5.56 Å². The molecule has 2 aromatic rings. The second-order valence-corrected chi connectivity index (χ2v) is 4.20. The lowest BCUT2D eigenvalue weighted by molar-refractivity contribution is 0.212. The fourth-order valence-corrected chi connectivity index (χ4v) is 1.84. The minimum absolute atomic E-state index is 0.0511. The van der Waals surface area contributed by atoms with Crippen LogP contribution in [0.25, 0.3) is 0 Å². The van der Waals surface area contributed by atoms with Crippen LogP contribution in [0.4, 0.5) is 4.39 Å². The van der Waals surface area contributed by atoms with Gasteiger partial charge in [0.05, 0.1) is 6.61 Å². The Kier molecular flexibility index (Phi) is 4.49. The van der Waals surface area contributed by atoms with Crippen LogP contribution in [0.2, 0.25) is 0 Å². The number of benzene rings is 2. The molecule has 1 atom stereocenters. The number of rotatable bonds is 5. The maximum Gasteiger partial charge on any atom is 0.136 e. The van der Waals surface area contributed by atoms with Gasteiger partial charge < -0.3 is 15.6 Å². The van der Waals surface area contributed by atoms with Gasteiger partial charge in [0, 0.05) is 6.54 Å². The van der Waals surface area contributed by atoms with Crippen molar-refractivity contribution in [2.24, 2.45) is 5.73 Å². The maximum absolute atomic E-state index is 13.2. The zero-order chi connectivity index (χ0) is 13.7. The van der Waals surface area contributed by atoms with E-state index >= 15 is 0 Å². The van der Waals surface area contributed by atoms with Gasteiger partial charge in [-0.3, -0.25) is 0 Å². The van der Waals surface area contributed by atoms with Crippen molar-refractivity contribution in [3.63, 3.8) is 0 Å². The molecule has 0 aliphatic carbocycles. The number of ether oxygens (including phenoxy) is 1. The second kappa shape index (κ2) is 6.31. The van der Waals surface area contributed by atoms with Crippen LogP contribution in [0, 0.1) is 5.82 Å². The van der Waals surface area contributed by atoms with E-state index in [1.165, 1.54) is 12.1 Å². The molecule has 0 bridgehead atoms. The van der Waals surface area contributed by atoms with Crippen molar-refractivity contribution in [3.05, 3.63) is 65.5 Å². The van der Waals surface area contributed by atoms with E-state index in [1.807, 2.05) is 0 Å². The van der Waals surface area contributed by atoms with E-state index in [0.29, 0.717) is 11.3 Å². The number of aliphatic hydroxyl groups is 1. The van der Waals surface area contributed by atoms with Crippen LogP contribution in [0.3, 0.4) is 0 Å². The van der Waals surface area contributed by atoms with Crippen molar-refractivity contribution >= 4 is 0 Å². The van der Waals surface area contributed by atoms with Gasteiger partial charge in [-0.05, 0) is 35.4 Å². The van der Waals surface area contributed by atoms with Crippen LogP contribution >= 0.6 is 0 Å². The van der Waals surface area contributed by atoms with Gasteiger partial charge in [-0.15, -0.1) is 0 Å². The maximum atomic E-state index is 13.2. The molecule has 3 N–H and O–H groups in total. The van der Waals surface area contributed by atoms with Crippen LogP contribution in [0.1, 0.15) is 17.2 Å². The highest BCUT2D eigenvalue weighted by atomic mass is 19.1. The molecule has 1 unspecified atom stereocenters. The Labute approximate surface area is 111 Å². The summed E-state index contributed by atoms with van der Waals surface area (Å²) in [4.78, 5) is 0. The van der Waals surface area contributed by atoms with Gasteiger partial charge >= 0.3 is 0 Å². The molecule has 100 valence electrons. The average Bonchev–Trinajstić information content (AvgIpc) is 2.45. The van der Waals surface area contributed by atoms with Gasteiger partial charge in [0.25, 0.3) is 0 Å². The van der Waals surface area contributed by atoms with Gasteiger partial charge in [-0.2, -0.15) is 0 Å². The monoisotopic (exact) mass is 261 g/mol. The molecule has 19 heavy (non-hydrogen) atoms. The van der Waals surface area contributed by atoms with E-state index in [2.05, 4.69) is 0 Å². The SMILES string of the molecule is NCC(Oc1cccc(CO)c1)c1cccc(F)c1. The van der Waals surface area contributed by atoms with E-state index < -0.39 is 6.10 Å². The van der Waals surface area contributed by atoms with Crippen LogP contribution < -0.4 is 10.5 Å². The van der Waals surface area contributed by atoms with E-state index in [4.69, 9.17) is 15.6 Å². The number of hydrogen-bond acceptors (Lipinski definition) is 3. The third-order valence-electron chi connectivity index (χ3n) is 2.79.